The third kappa shape index (κ3) is 5.12. The van der Waals surface area contributed by atoms with Gasteiger partial charge in [0.15, 0.2) is 6.23 Å². The van der Waals surface area contributed by atoms with E-state index >= 15 is 0 Å². The molecule has 1 amide bonds. The van der Waals surface area contributed by atoms with E-state index in [2.05, 4.69) is 18.7 Å². The molecule has 3 aromatic rings. The lowest BCUT2D eigenvalue weighted by Crippen LogP contribution is -2.55. The van der Waals surface area contributed by atoms with Gasteiger partial charge < -0.3 is 15.6 Å². The van der Waals surface area contributed by atoms with Gasteiger partial charge in [0.05, 0.1) is 0 Å². The van der Waals surface area contributed by atoms with Crippen LogP contribution in [0.4, 0.5) is 0 Å². The van der Waals surface area contributed by atoms with Crippen molar-refractivity contribution in [1.82, 2.24) is 4.90 Å². The highest BCUT2D eigenvalue weighted by Crippen LogP contribution is 2.41. The first kappa shape index (κ1) is 25.8. The molecule has 0 bridgehead atoms. The third-order valence-electron chi connectivity index (χ3n) is 7.67. The number of piperidine rings is 1. The van der Waals surface area contributed by atoms with Crippen molar-refractivity contribution in [2.24, 2.45) is 11.7 Å². The van der Waals surface area contributed by atoms with Crippen LogP contribution in [0.5, 0.6) is 11.5 Å². The predicted octanol–water partition coefficient (Wildman–Crippen LogP) is 5.78. The summed E-state index contributed by atoms with van der Waals surface area (Å²) in [4.78, 5) is 15.9. The summed E-state index contributed by atoms with van der Waals surface area (Å²) >= 11 is 0. The topological polar surface area (TPSA) is 75.8 Å². The van der Waals surface area contributed by atoms with Crippen molar-refractivity contribution < 1.29 is 14.6 Å². The molecule has 190 valence electrons. The number of benzene rings is 3. The van der Waals surface area contributed by atoms with Crippen LogP contribution in [0.25, 0.3) is 0 Å². The predicted molar refractivity (Wildman–Crippen MR) is 144 cm³/mol. The molecule has 0 spiro atoms. The number of aromatic hydroxyl groups is 1. The van der Waals surface area contributed by atoms with E-state index in [1.807, 2.05) is 79.7 Å². The maximum absolute atomic E-state index is 13.5. The zero-order valence-corrected chi connectivity index (χ0v) is 21.6. The number of hydrogen-bond acceptors (Lipinski definition) is 4. The second-order valence-electron chi connectivity index (χ2n) is 10.2. The number of phenols is 1. The van der Waals surface area contributed by atoms with Gasteiger partial charge in [-0.2, -0.15) is 0 Å². The maximum Gasteiger partial charge on any atom is 0.232 e. The van der Waals surface area contributed by atoms with Crippen molar-refractivity contribution in [2.75, 3.05) is 6.54 Å². The van der Waals surface area contributed by atoms with Crippen molar-refractivity contribution in [3.05, 3.63) is 95.6 Å². The number of carbonyl (C=O) groups is 1. The molecule has 0 radical (unpaired) electrons. The van der Waals surface area contributed by atoms with Gasteiger partial charge in [-0.25, -0.2) is 0 Å². The Bertz CT molecular complexity index is 1110. The number of phenolic OH excluding ortho intramolecular Hbond substituents is 1. The Balaban J connectivity index is 1.76. The van der Waals surface area contributed by atoms with E-state index in [-0.39, 0.29) is 29.8 Å². The number of hydrogen-bond donors (Lipinski definition) is 2. The summed E-state index contributed by atoms with van der Waals surface area (Å²) in [6.07, 6.45) is 3.43. The molecule has 1 aliphatic rings. The molecule has 1 saturated heterocycles. The molecule has 0 aromatic heterocycles. The quantitative estimate of drug-likeness (QED) is 0.402. The van der Waals surface area contributed by atoms with Gasteiger partial charge in [0.25, 0.3) is 0 Å². The SMILES string of the molecule is Cc1c(O)cccc1OC1CCCCN1C(CC(C(N)=O)(c1ccccc1)c1ccccc1)C(C)C. The number of carbonyl (C=O) groups excluding carboxylic acids is 1. The Hall–Kier alpha value is -3.31. The van der Waals surface area contributed by atoms with Gasteiger partial charge in [0.1, 0.15) is 16.9 Å². The van der Waals surface area contributed by atoms with Crippen LogP contribution in [-0.2, 0) is 10.2 Å². The third-order valence-corrected chi connectivity index (χ3v) is 7.67. The van der Waals surface area contributed by atoms with E-state index in [0.29, 0.717) is 12.2 Å². The highest BCUT2D eigenvalue weighted by Gasteiger charge is 2.45. The Morgan fingerprint density at radius 1 is 1.00 bits per heavy atom. The molecule has 2 unspecified atom stereocenters. The van der Waals surface area contributed by atoms with E-state index in [9.17, 15) is 9.90 Å². The lowest BCUT2D eigenvalue weighted by atomic mass is 9.68. The second kappa shape index (κ2) is 11.2. The van der Waals surface area contributed by atoms with Gasteiger partial charge in [-0.05, 0) is 61.8 Å². The number of likely N-dealkylation sites (tertiary alicyclic amines) is 1. The van der Waals surface area contributed by atoms with Crippen LogP contribution < -0.4 is 10.5 Å². The molecule has 0 saturated carbocycles. The molecule has 2 atom stereocenters. The van der Waals surface area contributed by atoms with E-state index in [1.54, 1.807) is 6.07 Å². The molecule has 1 aliphatic heterocycles. The molecular formula is C31H38N2O3. The van der Waals surface area contributed by atoms with Crippen LogP contribution in [0.2, 0.25) is 0 Å². The zero-order chi connectivity index (χ0) is 25.7. The van der Waals surface area contributed by atoms with Crippen molar-refractivity contribution in [2.45, 2.75) is 64.1 Å². The Morgan fingerprint density at radius 3 is 2.17 bits per heavy atom. The van der Waals surface area contributed by atoms with Crippen LogP contribution in [-0.4, -0.2) is 34.7 Å². The van der Waals surface area contributed by atoms with E-state index < -0.39 is 5.41 Å². The fourth-order valence-electron chi connectivity index (χ4n) is 5.59. The Morgan fingerprint density at radius 2 is 1.61 bits per heavy atom. The van der Waals surface area contributed by atoms with Gasteiger partial charge in [-0.15, -0.1) is 0 Å². The first-order valence-corrected chi connectivity index (χ1v) is 13.0. The van der Waals surface area contributed by atoms with Gasteiger partial charge in [-0.1, -0.05) is 80.6 Å². The second-order valence-corrected chi connectivity index (χ2v) is 10.2. The molecule has 3 N–H and O–H groups in total. The van der Waals surface area contributed by atoms with Crippen molar-refractivity contribution in [3.8, 4) is 11.5 Å². The maximum atomic E-state index is 13.5. The summed E-state index contributed by atoms with van der Waals surface area (Å²) in [6, 6.07) is 25.3. The molecule has 1 fully saturated rings. The Kier molecular flexibility index (Phi) is 8.00. The van der Waals surface area contributed by atoms with E-state index in [0.717, 1.165) is 42.5 Å². The van der Waals surface area contributed by atoms with Crippen molar-refractivity contribution in [1.29, 1.82) is 0 Å². The van der Waals surface area contributed by atoms with Crippen LogP contribution in [0, 0.1) is 12.8 Å². The molecule has 5 heteroatoms. The minimum atomic E-state index is -0.972. The van der Waals surface area contributed by atoms with Crippen LogP contribution in [0.3, 0.4) is 0 Å². The van der Waals surface area contributed by atoms with Gasteiger partial charge >= 0.3 is 0 Å². The summed E-state index contributed by atoms with van der Waals surface area (Å²) in [7, 11) is 0. The zero-order valence-electron chi connectivity index (χ0n) is 21.6. The summed E-state index contributed by atoms with van der Waals surface area (Å²) in [5.74, 6) is 0.840. The van der Waals surface area contributed by atoms with Crippen LogP contribution >= 0.6 is 0 Å². The normalized spacial score (nSPS) is 17.6. The fraction of sp³-hybridized carbons (Fsp3) is 0.387. The average molecular weight is 487 g/mol. The van der Waals surface area contributed by atoms with Gasteiger partial charge in [0, 0.05) is 18.2 Å². The van der Waals surface area contributed by atoms with Crippen molar-refractivity contribution in [3.63, 3.8) is 0 Å². The summed E-state index contributed by atoms with van der Waals surface area (Å²) in [5.41, 5.74) is 7.88. The first-order valence-electron chi connectivity index (χ1n) is 13.0. The number of amides is 1. The smallest absolute Gasteiger partial charge is 0.232 e. The summed E-state index contributed by atoms with van der Waals surface area (Å²) in [5, 5.41) is 10.2. The molecular weight excluding hydrogens is 448 g/mol. The standard InChI is InChI=1S/C31H38N2O3/c1-22(2)26(33-20-11-10-19-29(33)36-28-18-12-17-27(34)23(28)3)21-31(30(32)35,24-13-6-4-7-14-24)25-15-8-5-9-16-25/h4-9,12-18,22,26,29,34H,10-11,19-21H2,1-3H3,(H2,32,35). The summed E-state index contributed by atoms with van der Waals surface area (Å²) in [6.45, 7) is 7.17. The molecule has 36 heavy (non-hydrogen) atoms. The van der Waals surface area contributed by atoms with Crippen LogP contribution in [0.15, 0.2) is 78.9 Å². The largest absolute Gasteiger partial charge is 0.508 e. The highest BCUT2D eigenvalue weighted by atomic mass is 16.5. The molecule has 1 heterocycles. The average Bonchev–Trinajstić information content (AvgIpc) is 2.89. The minimum absolute atomic E-state index is 0.0424. The van der Waals surface area contributed by atoms with E-state index in [1.165, 1.54) is 0 Å². The van der Waals surface area contributed by atoms with Gasteiger partial charge in [-0.3, -0.25) is 9.69 Å². The van der Waals surface area contributed by atoms with Crippen LogP contribution in [0.1, 0.15) is 56.2 Å². The van der Waals surface area contributed by atoms with E-state index in [4.69, 9.17) is 10.5 Å². The van der Waals surface area contributed by atoms with Crippen molar-refractivity contribution >= 4 is 5.91 Å². The number of primary amides is 1. The molecule has 4 rings (SSSR count). The molecule has 0 aliphatic carbocycles. The first-order chi connectivity index (χ1) is 17.3. The lowest BCUT2D eigenvalue weighted by Gasteiger charge is -2.46. The monoisotopic (exact) mass is 486 g/mol. The fourth-order valence-corrected chi connectivity index (χ4v) is 5.59. The minimum Gasteiger partial charge on any atom is -0.508 e. The van der Waals surface area contributed by atoms with Gasteiger partial charge in [0.2, 0.25) is 5.91 Å². The number of rotatable bonds is 9. The number of nitrogens with two attached hydrogens (primary N) is 1. The summed E-state index contributed by atoms with van der Waals surface area (Å²) < 4.78 is 6.55. The lowest BCUT2D eigenvalue weighted by molar-refractivity contribution is -0.124. The highest BCUT2D eigenvalue weighted by molar-refractivity contribution is 5.91. The Labute approximate surface area is 214 Å². The molecule has 5 nitrogen and oxygen atoms in total. The number of nitrogens with zero attached hydrogens (tertiary/aromatic N) is 1. The molecule has 3 aromatic carbocycles. The number of ether oxygens (including phenoxy) is 1.